The van der Waals surface area contributed by atoms with Gasteiger partial charge in [-0.3, -0.25) is 14.6 Å². The maximum absolute atomic E-state index is 14.3. The van der Waals surface area contributed by atoms with Crippen molar-refractivity contribution in [1.29, 1.82) is 0 Å². The van der Waals surface area contributed by atoms with Crippen molar-refractivity contribution in [3.8, 4) is 23.0 Å². The number of hydrogen-bond donors (Lipinski definition) is 0. The summed E-state index contributed by atoms with van der Waals surface area (Å²) in [7, 11) is 1.41. The minimum absolute atomic E-state index is 0.0467. The number of carbonyl (C=O) groups excluding carboxylic acids is 1. The van der Waals surface area contributed by atoms with Gasteiger partial charge in [0.25, 0.3) is 0 Å². The van der Waals surface area contributed by atoms with E-state index in [1.807, 2.05) is 70.9 Å². The van der Waals surface area contributed by atoms with Crippen molar-refractivity contribution in [3.63, 3.8) is 0 Å². The van der Waals surface area contributed by atoms with Crippen LogP contribution < -0.4 is 9.47 Å². The van der Waals surface area contributed by atoms with E-state index in [-0.39, 0.29) is 30.5 Å². The first-order valence-electron chi connectivity index (χ1n) is 21.4. The van der Waals surface area contributed by atoms with Crippen LogP contribution in [0.25, 0.3) is 28.2 Å². The summed E-state index contributed by atoms with van der Waals surface area (Å²) in [5.74, 6) is 0.999. The van der Waals surface area contributed by atoms with E-state index in [2.05, 4.69) is 70.0 Å². The Morgan fingerprint density at radius 2 is 1.84 bits per heavy atom. The van der Waals surface area contributed by atoms with Crippen molar-refractivity contribution in [3.05, 3.63) is 39.0 Å². The maximum Gasteiger partial charge on any atom is 0.411 e. The second-order valence-electron chi connectivity index (χ2n) is 18.6. The fourth-order valence-corrected chi connectivity index (χ4v) is 8.90. The summed E-state index contributed by atoms with van der Waals surface area (Å²) in [5, 5.41) is 15.7. The summed E-state index contributed by atoms with van der Waals surface area (Å²) >= 11 is 2.27. The van der Waals surface area contributed by atoms with E-state index in [1.54, 1.807) is 22.8 Å². The Bertz CT molecular complexity index is 2160. The maximum atomic E-state index is 14.3. The number of aryl methyl sites for hydroxylation is 2. The molecular weight excluding hydrogens is 908 g/mol. The van der Waals surface area contributed by atoms with Gasteiger partial charge in [-0.25, -0.2) is 14.2 Å². The van der Waals surface area contributed by atoms with Crippen molar-refractivity contribution < 1.29 is 32.9 Å². The van der Waals surface area contributed by atoms with E-state index >= 15 is 0 Å². The monoisotopic (exact) mass is 976 g/mol. The minimum Gasteiger partial charge on any atom is -0.476 e. The molecule has 0 aromatic carbocycles. The summed E-state index contributed by atoms with van der Waals surface area (Å²) < 4.78 is 43.9. The molecule has 1 amide bonds. The van der Waals surface area contributed by atoms with Gasteiger partial charge in [0, 0.05) is 26.2 Å². The van der Waals surface area contributed by atoms with Gasteiger partial charge in [0.1, 0.15) is 17.4 Å². The first-order chi connectivity index (χ1) is 28.5. The van der Waals surface area contributed by atoms with Gasteiger partial charge in [0.15, 0.2) is 14.5 Å². The average molecular weight is 977 g/mol. The van der Waals surface area contributed by atoms with Crippen LogP contribution >= 0.6 is 22.6 Å². The van der Waals surface area contributed by atoms with Crippen molar-refractivity contribution in [2.24, 2.45) is 7.05 Å². The third-order valence-corrected chi connectivity index (χ3v) is 17.2. The molecule has 0 N–H and O–H groups in total. The van der Waals surface area contributed by atoms with Crippen LogP contribution in [0.15, 0.2) is 12.6 Å². The average Bonchev–Trinajstić information content (AvgIpc) is 3.82. The van der Waals surface area contributed by atoms with Crippen LogP contribution in [0.2, 0.25) is 18.1 Å². The smallest absolute Gasteiger partial charge is 0.411 e. The van der Waals surface area contributed by atoms with E-state index in [1.165, 1.54) is 0 Å². The van der Waals surface area contributed by atoms with Gasteiger partial charge in [-0.2, -0.15) is 10.2 Å². The highest BCUT2D eigenvalue weighted by Gasteiger charge is 2.39. The van der Waals surface area contributed by atoms with Gasteiger partial charge in [-0.05, 0) is 128 Å². The van der Waals surface area contributed by atoms with Crippen molar-refractivity contribution >= 4 is 54.0 Å². The molecule has 0 aliphatic carbocycles. The highest BCUT2D eigenvalue weighted by atomic mass is 127. The Balaban J connectivity index is 1.54. The normalized spacial score (nSPS) is 16.7. The second-order valence-corrected chi connectivity index (χ2v) is 24.5. The summed E-state index contributed by atoms with van der Waals surface area (Å²) in [4.78, 5) is 21.2. The standard InChI is InChI=1S/C44H69IN8O7Si/c1-17-32-31-23-33(46-28(4)39(31)53(48-32)36-21-19-20-22-57-36)37-34(26-55-14)47-50(13)41(37)59-30(6)29(5)51(42(54)60-43(7,8)9)24-35-38(45)40(56-18-2)49-52(35)27(3)25-58-61(15,16)44(10,11)12/h17,23,27,29-30,36H,1,18-22,24-26H2,2-16H3/t27-,29+,30?,36?/m0/s1. The van der Waals surface area contributed by atoms with Crippen LogP contribution in [0, 0.1) is 10.5 Å². The molecule has 4 aromatic rings. The van der Waals surface area contributed by atoms with Gasteiger partial charge < -0.3 is 28.1 Å². The van der Waals surface area contributed by atoms with Crippen LogP contribution in [0.1, 0.15) is 124 Å². The predicted octanol–water partition coefficient (Wildman–Crippen LogP) is 10.0. The Hall–Kier alpha value is -3.52. The van der Waals surface area contributed by atoms with Crippen LogP contribution in [0.5, 0.6) is 11.8 Å². The largest absolute Gasteiger partial charge is 0.476 e. The molecule has 0 radical (unpaired) electrons. The van der Waals surface area contributed by atoms with Crippen LogP contribution in [0.4, 0.5) is 4.79 Å². The molecule has 4 aromatic heterocycles. The lowest BCUT2D eigenvalue weighted by atomic mass is 10.1. The van der Waals surface area contributed by atoms with Crippen molar-refractivity contribution in [2.45, 2.75) is 157 Å². The van der Waals surface area contributed by atoms with Crippen LogP contribution in [-0.2, 0) is 38.8 Å². The summed E-state index contributed by atoms with van der Waals surface area (Å²) in [6, 6.07) is 1.37. The molecule has 5 heterocycles. The number of pyridine rings is 1. The highest BCUT2D eigenvalue weighted by molar-refractivity contribution is 14.1. The fourth-order valence-electron chi connectivity index (χ4n) is 7.13. The van der Waals surface area contributed by atoms with E-state index in [9.17, 15) is 4.79 Å². The summed E-state index contributed by atoms with van der Waals surface area (Å²) in [5.41, 5.74) is 4.52. The van der Waals surface area contributed by atoms with Crippen molar-refractivity contribution in [2.75, 3.05) is 26.9 Å². The molecule has 1 saturated heterocycles. The number of carbonyl (C=O) groups is 1. The lowest BCUT2D eigenvalue weighted by Crippen LogP contribution is -2.48. The summed E-state index contributed by atoms with van der Waals surface area (Å²) in [6.45, 7) is 32.8. The highest BCUT2D eigenvalue weighted by Crippen LogP contribution is 2.40. The van der Waals surface area contributed by atoms with Gasteiger partial charge in [0.2, 0.25) is 11.8 Å². The molecule has 0 spiro atoms. The van der Waals surface area contributed by atoms with Crippen LogP contribution in [-0.4, -0.2) is 98.3 Å². The zero-order valence-corrected chi connectivity index (χ0v) is 42.3. The molecule has 1 aliphatic rings. The number of amides is 1. The molecular formula is C44H69IN8O7Si. The number of methoxy groups -OCH3 is 1. The number of halogens is 1. The number of fused-ring (bicyclic) bond motifs is 1. The molecule has 17 heteroatoms. The lowest BCUT2D eigenvalue weighted by molar-refractivity contribution is -0.0368. The molecule has 1 aliphatic heterocycles. The fraction of sp³-hybridized carbons (Fsp3) is 0.659. The minimum atomic E-state index is -2.06. The molecule has 1 fully saturated rings. The quantitative estimate of drug-likeness (QED) is 0.0737. The number of nitrogens with zero attached hydrogens (tertiary/aromatic N) is 8. The zero-order valence-electron chi connectivity index (χ0n) is 39.1. The predicted molar refractivity (Wildman–Crippen MR) is 249 cm³/mol. The number of aromatic nitrogens is 7. The number of rotatable bonds is 17. The third kappa shape index (κ3) is 10.8. The number of hydrogen-bond acceptors (Lipinski definition) is 11. The van der Waals surface area contributed by atoms with E-state index in [4.69, 9.17) is 48.4 Å². The zero-order chi connectivity index (χ0) is 45.2. The van der Waals surface area contributed by atoms with Gasteiger partial charge in [-0.1, -0.05) is 27.4 Å². The van der Waals surface area contributed by atoms with Crippen LogP contribution in [0.3, 0.4) is 0 Å². The molecule has 5 rings (SSSR count). The van der Waals surface area contributed by atoms with Gasteiger partial charge in [0.05, 0.1) is 75.9 Å². The second kappa shape index (κ2) is 19.5. The molecule has 0 bridgehead atoms. The summed E-state index contributed by atoms with van der Waals surface area (Å²) in [6.07, 6.45) is 3.55. The van der Waals surface area contributed by atoms with Gasteiger partial charge >= 0.3 is 6.09 Å². The van der Waals surface area contributed by atoms with Crippen molar-refractivity contribution in [1.82, 2.24) is 39.2 Å². The molecule has 4 atom stereocenters. The van der Waals surface area contributed by atoms with Gasteiger partial charge in [-0.15, -0.1) is 5.10 Å². The number of ether oxygens (including phenoxy) is 5. The third-order valence-electron chi connectivity index (χ3n) is 11.6. The van der Waals surface area contributed by atoms with E-state index in [0.717, 1.165) is 50.8 Å². The Kier molecular flexibility index (Phi) is 15.5. The molecule has 2 unspecified atom stereocenters. The first-order valence-corrected chi connectivity index (χ1v) is 25.4. The first kappa shape index (κ1) is 48.5. The Labute approximate surface area is 377 Å². The molecule has 0 saturated carbocycles. The molecule has 15 nitrogen and oxygen atoms in total. The van der Waals surface area contributed by atoms with E-state index < -0.39 is 32.2 Å². The molecule has 61 heavy (non-hydrogen) atoms. The Morgan fingerprint density at radius 1 is 1.13 bits per heavy atom. The lowest BCUT2D eigenvalue weighted by Gasteiger charge is -2.37. The Morgan fingerprint density at radius 3 is 2.43 bits per heavy atom. The van der Waals surface area contributed by atoms with E-state index in [0.29, 0.717) is 48.5 Å². The molecule has 338 valence electrons. The topological polar surface area (TPSA) is 142 Å². The SMILES string of the molecule is C=Cc1nn(C2CCCCO2)c2c(C)nc(-c3c(COC)nn(C)c3OC(C)[C@@H](C)N(Cc3c(I)c(OCC)nn3[C@@H](C)CO[Si](C)(C)C(C)(C)C)C(=O)OC(C)(C)C)cc12.